The second-order valence-electron chi connectivity index (χ2n) is 7.74. The van der Waals surface area contributed by atoms with Gasteiger partial charge in [-0.15, -0.1) is 11.8 Å². The Labute approximate surface area is 179 Å². The van der Waals surface area contributed by atoms with Crippen molar-refractivity contribution in [1.29, 1.82) is 0 Å². The monoisotopic (exact) mass is 428 g/mol. The largest absolute Gasteiger partial charge is 0.327 e. The highest BCUT2D eigenvalue weighted by Gasteiger charge is 2.50. The highest BCUT2D eigenvalue weighted by atomic mass is 32.2. The Kier molecular flexibility index (Phi) is 5.81. The van der Waals surface area contributed by atoms with E-state index in [-0.39, 0.29) is 29.3 Å². The third-order valence-electron chi connectivity index (χ3n) is 5.84. The number of benzene rings is 2. The number of nitrogens with one attached hydrogen (secondary N) is 2. The zero-order valence-electron chi connectivity index (χ0n) is 17.1. The summed E-state index contributed by atoms with van der Waals surface area (Å²) >= 11 is 1.65. The van der Waals surface area contributed by atoms with Crippen LogP contribution in [0.5, 0.6) is 0 Å². The molecule has 0 spiro atoms. The number of fused-ring (bicyclic) bond motifs is 1. The van der Waals surface area contributed by atoms with Gasteiger partial charge in [-0.2, -0.15) is 0 Å². The molecule has 4 unspecified atom stereocenters. The van der Waals surface area contributed by atoms with Gasteiger partial charge in [-0.3, -0.25) is 20.3 Å². The molecular formula is C22H25FN4O2S. The first-order valence-corrected chi connectivity index (χ1v) is 10.9. The Morgan fingerprint density at radius 1 is 1.03 bits per heavy atom. The van der Waals surface area contributed by atoms with Gasteiger partial charge in [0.05, 0.1) is 23.6 Å². The van der Waals surface area contributed by atoms with Gasteiger partial charge in [0, 0.05) is 19.8 Å². The lowest BCUT2D eigenvalue weighted by molar-refractivity contribution is -0.140. The summed E-state index contributed by atoms with van der Waals surface area (Å²) in [6.07, 6.45) is -0.764. The van der Waals surface area contributed by atoms with Crippen molar-refractivity contribution in [2.45, 2.75) is 30.4 Å². The van der Waals surface area contributed by atoms with E-state index < -0.39 is 12.1 Å². The van der Waals surface area contributed by atoms with Gasteiger partial charge in [0.15, 0.2) is 0 Å². The third kappa shape index (κ3) is 3.82. The normalized spacial score (nSPS) is 26.7. The molecule has 3 amide bonds. The average molecular weight is 429 g/mol. The fraction of sp³-hybridized carbons (Fsp3) is 0.364. The maximum Gasteiger partial charge on any atom is 0.327 e. The van der Waals surface area contributed by atoms with Crippen LogP contribution in [-0.4, -0.2) is 47.4 Å². The molecule has 0 aromatic heterocycles. The molecule has 30 heavy (non-hydrogen) atoms. The Balaban J connectivity index is 1.63. The molecule has 8 heteroatoms. The third-order valence-corrected chi connectivity index (χ3v) is 7.11. The SMILES string of the molecule is Cc1ccccc1CSC1NC(c2ccc(F)cc2)NC2C1C(=O)N(C)C(=O)N2C. The molecule has 2 aliphatic heterocycles. The molecule has 0 aliphatic carbocycles. The number of hydrogen-bond donors (Lipinski definition) is 2. The fourth-order valence-corrected chi connectivity index (χ4v) is 5.39. The number of rotatable bonds is 4. The first-order valence-electron chi connectivity index (χ1n) is 9.85. The maximum absolute atomic E-state index is 13.4. The summed E-state index contributed by atoms with van der Waals surface area (Å²) in [6.45, 7) is 2.07. The van der Waals surface area contributed by atoms with Gasteiger partial charge < -0.3 is 4.90 Å². The van der Waals surface area contributed by atoms with E-state index in [0.29, 0.717) is 0 Å². The summed E-state index contributed by atoms with van der Waals surface area (Å²) < 4.78 is 13.4. The van der Waals surface area contributed by atoms with E-state index in [1.165, 1.54) is 35.2 Å². The van der Waals surface area contributed by atoms with Gasteiger partial charge in [0.25, 0.3) is 0 Å². The molecule has 2 aliphatic rings. The topological polar surface area (TPSA) is 64.7 Å². The van der Waals surface area contributed by atoms with Gasteiger partial charge in [0.2, 0.25) is 5.91 Å². The van der Waals surface area contributed by atoms with E-state index in [9.17, 15) is 14.0 Å². The molecule has 2 aromatic carbocycles. The molecule has 2 N–H and O–H groups in total. The Morgan fingerprint density at radius 2 is 1.73 bits per heavy atom. The van der Waals surface area contributed by atoms with Crippen molar-refractivity contribution in [1.82, 2.24) is 20.4 Å². The summed E-state index contributed by atoms with van der Waals surface area (Å²) in [7, 11) is 3.22. The molecule has 2 fully saturated rings. The summed E-state index contributed by atoms with van der Waals surface area (Å²) in [5.74, 6) is -0.218. The van der Waals surface area contributed by atoms with Gasteiger partial charge >= 0.3 is 6.03 Å². The summed E-state index contributed by atoms with van der Waals surface area (Å²) in [4.78, 5) is 28.3. The molecule has 4 rings (SSSR count). The standard InChI is InChI=1S/C22H25FN4O2S/c1-13-6-4-5-7-15(13)12-30-20-17-19(26(2)22(29)27(3)21(17)28)24-18(25-20)14-8-10-16(23)11-9-14/h4-11,17-20,24-25H,12H2,1-3H3. The zero-order chi connectivity index (χ0) is 21.4. The molecule has 0 saturated carbocycles. The van der Waals surface area contributed by atoms with Gasteiger partial charge in [-0.1, -0.05) is 36.4 Å². The Morgan fingerprint density at radius 3 is 2.43 bits per heavy atom. The van der Waals surface area contributed by atoms with E-state index in [1.807, 2.05) is 12.1 Å². The predicted molar refractivity (Wildman–Crippen MR) is 115 cm³/mol. The van der Waals surface area contributed by atoms with Gasteiger partial charge in [0.1, 0.15) is 5.82 Å². The van der Waals surface area contributed by atoms with Crippen molar-refractivity contribution in [2.24, 2.45) is 5.92 Å². The molecule has 2 heterocycles. The fourth-order valence-electron chi connectivity index (χ4n) is 4.00. The zero-order valence-corrected chi connectivity index (χ0v) is 17.9. The molecule has 0 radical (unpaired) electrons. The number of carbonyl (C=O) groups excluding carboxylic acids is 2. The van der Waals surface area contributed by atoms with Crippen LogP contribution in [0.1, 0.15) is 22.9 Å². The minimum Gasteiger partial charge on any atom is -0.311 e. The van der Waals surface area contributed by atoms with Crippen LogP contribution >= 0.6 is 11.8 Å². The number of halogens is 1. The number of hydrogen-bond acceptors (Lipinski definition) is 5. The lowest BCUT2D eigenvalue weighted by Crippen LogP contribution is -2.72. The van der Waals surface area contributed by atoms with Crippen LogP contribution in [0.25, 0.3) is 0 Å². The van der Waals surface area contributed by atoms with Gasteiger partial charge in [-0.05, 0) is 35.7 Å². The Hall–Kier alpha value is -2.42. The molecular weight excluding hydrogens is 403 g/mol. The number of urea groups is 1. The summed E-state index contributed by atoms with van der Waals surface area (Å²) in [5.41, 5.74) is 3.26. The molecule has 2 aromatic rings. The Bertz CT molecular complexity index is 954. The first kappa shape index (κ1) is 20.8. The van der Waals surface area contributed by atoms with Crippen LogP contribution in [0.2, 0.25) is 0 Å². The molecule has 2 saturated heterocycles. The highest BCUT2D eigenvalue weighted by molar-refractivity contribution is 7.99. The number of aryl methyl sites for hydroxylation is 1. The van der Waals surface area contributed by atoms with Crippen molar-refractivity contribution in [2.75, 3.05) is 14.1 Å². The van der Waals surface area contributed by atoms with Crippen LogP contribution < -0.4 is 10.6 Å². The molecule has 4 atom stereocenters. The van der Waals surface area contributed by atoms with E-state index in [1.54, 1.807) is 35.8 Å². The van der Waals surface area contributed by atoms with Crippen LogP contribution in [0.3, 0.4) is 0 Å². The van der Waals surface area contributed by atoms with Crippen LogP contribution in [-0.2, 0) is 10.5 Å². The molecule has 0 bridgehead atoms. The second kappa shape index (κ2) is 8.37. The van der Waals surface area contributed by atoms with Crippen molar-refractivity contribution < 1.29 is 14.0 Å². The average Bonchev–Trinajstić information content (AvgIpc) is 2.75. The van der Waals surface area contributed by atoms with Crippen molar-refractivity contribution in [3.63, 3.8) is 0 Å². The number of carbonyl (C=O) groups is 2. The molecule has 6 nitrogen and oxygen atoms in total. The van der Waals surface area contributed by atoms with Crippen LogP contribution in [0, 0.1) is 18.7 Å². The summed E-state index contributed by atoms with van der Waals surface area (Å²) in [5, 5.41) is 6.66. The van der Waals surface area contributed by atoms with Crippen LogP contribution in [0.4, 0.5) is 9.18 Å². The lowest BCUT2D eigenvalue weighted by Gasteiger charge is -2.50. The van der Waals surface area contributed by atoms with Crippen molar-refractivity contribution in [3.8, 4) is 0 Å². The number of nitrogens with zero attached hydrogens (tertiary/aromatic N) is 2. The predicted octanol–water partition coefficient (Wildman–Crippen LogP) is 3.05. The quantitative estimate of drug-likeness (QED) is 0.784. The highest BCUT2D eigenvalue weighted by Crippen LogP contribution is 2.35. The first-order chi connectivity index (χ1) is 14.4. The maximum atomic E-state index is 13.4. The van der Waals surface area contributed by atoms with Crippen molar-refractivity contribution >= 4 is 23.7 Å². The lowest BCUT2D eigenvalue weighted by atomic mass is 9.96. The molecule has 158 valence electrons. The van der Waals surface area contributed by atoms with E-state index in [2.05, 4.69) is 29.7 Å². The van der Waals surface area contributed by atoms with E-state index in [0.717, 1.165) is 11.3 Å². The summed E-state index contributed by atoms with van der Waals surface area (Å²) in [6, 6.07) is 14.1. The van der Waals surface area contributed by atoms with E-state index in [4.69, 9.17) is 0 Å². The van der Waals surface area contributed by atoms with Crippen LogP contribution in [0.15, 0.2) is 48.5 Å². The number of amides is 3. The van der Waals surface area contributed by atoms with Crippen molar-refractivity contribution in [3.05, 3.63) is 71.0 Å². The number of thioether (sulfide) groups is 1. The minimum absolute atomic E-state index is 0.206. The second-order valence-corrected chi connectivity index (χ2v) is 8.87. The van der Waals surface area contributed by atoms with Gasteiger partial charge in [-0.25, -0.2) is 9.18 Å². The minimum atomic E-state index is -0.452. The smallest absolute Gasteiger partial charge is 0.311 e. The number of imide groups is 1. The van der Waals surface area contributed by atoms with E-state index >= 15 is 0 Å².